The van der Waals surface area contributed by atoms with E-state index in [2.05, 4.69) is 58.8 Å². The van der Waals surface area contributed by atoms with Crippen LogP contribution in [0.1, 0.15) is 81.8 Å². The molecule has 0 saturated carbocycles. The van der Waals surface area contributed by atoms with Crippen molar-refractivity contribution in [3.63, 3.8) is 0 Å². The van der Waals surface area contributed by atoms with Gasteiger partial charge >= 0.3 is 0 Å². The van der Waals surface area contributed by atoms with Gasteiger partial charge in [-0.3, -0.25) is 14.5 Å². The zero-order chi connectivity index (χ0) is 26.9. The molecular weight excluding hydrogens is 476 g/mol. The van der Waals surface area contributed by atoms with Gasteiger partial charge in [-0.2, -0.15) is 0 Å². The predicted molar refractivity (Wildman–Crippen MR) is 153 cm³/mol. The van der Waals surface area contributed by atoms with Crippen LogP contribution in [-0.2, 0) is 16.0 Å². The largest absolute Gasteiger partial charge is 0.493 e. The Labute approximate surface area is 230 Å². The van der Waals surface area contributed by atoms with E-state index in [9.17, 15) is 9.59 Å². The molecule has 0 bridgehead atoms. The summed E-state index contributed by atoms with van der Waals surface area (Å²) in [6.07, 6.45) is 10.1. The number of likely N-dealkylation sites (tertiary alicyclic amines) is 2. The second-order valence-corrected chi connectivity index (χ2v) is 11.8. The van der Waals surface area contributed by atoms with E-state index in [4.69, 9.17) is 4.74 Å². The molecule has 7 heteroatoms. The van der Waals surface area contributed by atoms with Gasteiger partial charge in [0, 0.05) is 51.6 Å². The van der Waals surface area contributed by atoms with Gasteiger partial charge in [-0.25, -0.2) is 0 Å². The van der Waals surface area contributed by atoms with E-state index < -0.39 is 0 Å². The van der Waals surface area contributed by atoms with Crippen LogP contribution in [0.3, 0.4) is 0 Å². The zero-order valence-electron chi connectivity index (χ0n) is 24.1. The number of unbranched alkanes of at least 4 members (excludes halogenated alkanes) is 1. The van der Waals surface area contributed by atoms with Crippen molar-refractivity contribution in [3.05, 3.63) is 29.3 Å². The number of carbonyl (C=O) groups is 2. The van der Waals surface area contributed by atoms with Gasteiger partial charge in [0.1, 0.15) is 5.75 Å². The van der Waals surface area contributed by atoms with Crippen LogP contribution < -0.4 is 4.74 Å². The number of carbonyl (C=O) groups excluding carboxylic acids is 2. The summed E-state index contributed by atoms with van der Waals surface area (Å²) in [5, 5.41) is 0. The molecule has 2 saturated heterocycles. The van der Waals surface area contributed by atoms with Gasteiger partial charge in [0.25, 0.3) is 0 Å². The smallest absolute Gasteiger partial charge is 0.236 e. The molecule has 1 aromatic carbocycles. The van der Waals surface area contributed by atoms with E-state index >= 15 is 0 Å². The van der Waals surface area contributed by atoms with Crippen molar-refractivity contribution in [2.45, 2.75) is 83.1 Å². The number of hydrogen-bond donors (Lipinski definition) is 0. The first kappa shape index (κ1) is 28.9. The van der Waals surface area contributed by atoms with E-state index in [0.29, 0.717) is 30.8 Å². The molecule has 1 aromatic rings. The van der Waals surface area contributed by atoms with Crippen molar-refractivity contribution >= 4 is 11.8 Å². The third-order valence-corrected chi connectivity index (χ3v) is 8.66. The molecule has 0 aliphatic carbocycles. The Morgan fingerprint density at radius 3 is 2.71 bits per heavy atom. The van der Waals surface area contributed by atoms with Crippen molar-refractivity contribution in [3.8, 4) is 5.75 Å². The number of rotatable bonds is 13. The molecule has 3 aliphatic heterocycles. The van der Waals surface area contributed by atoms with Crippen LogP contribution in [0.5, 0.6) is 5.75 Å². The lowest BCUT2D eigenvalue weighted by Gasteiger charge is -2.41. The van der Waals surface area contributed by atoms with E-state index in [1.165, 1.54) is 11.1 Å². The van der Waals surface area contributed by atoms with Crippen molar-refractivity contribution in [1.82, 2.24) is 19.6 Å². The van der Waals surface area contributed by atoms with Crippen LogP contribution in [0.25, 0.3) is 0 Å². The number of piperidine rings is 2. The molecule has 38 heavy (non-hydrogen) atoms. The van der Waals surface area contributed by atoms with Gasteiger partial charge in [0.15, 0.2) is 0 Å². The molecule has 3 aliphatic rings. The highest BCUT2D eigenvalue weighted by atomic mass is 16.5. The number of hydrogen-bond acceptors (Lipinski definition) is 5. The Balaban J connectivity index is 1.44. The van der Waals surface area contributed by atoms with Gasteiger partial charge in [0.2, 0.25) is 11.8 Å². The minimum Gasteiger partial charge on any atom is -0.493 e. The van der Waals surface area contributed by atoms with Gasteiger partial charge in [0.05, 0.1) is 13.2 Å². The van der Waals surface area contributed by atoms with Gasteiger partial charge < -0.3 is 19.4 Å². The topological polar surface area (TPSA) is 56.3 Å². The highest BCUT2D eigenvalue weighted by Gasteiger charge is 2.32. The Hall–Kier alpha value is -2.12. The molecule has 3 heterocycles. The fraction of sp³-hybridized carbons (Fsp3) is 0.742. The Morgan fingerprint density at radius 1 is 1.08 bits per heavy atom. The van der Waals surface area contributed by atoms with Crippen LogP contribution in [0.2, 0.25) is 0 Å². The third-order valence-electron chi connectivity index (χ3n) is 8.66. The molecular formula is C31H50N4O3. The molecule has 212 valence electrons. The number of ether oxygens (including phenoxy) is 1. The van der Waals surface area contributed by atoms with Crippen molar-refractivity contribution in [2.24, 2.45) is 0 Å². The molecule has 0 aromatic heterocycles. The molecule has 2 amide bonds. The van der Waals surface area contributed by atoms with Crippen LogP contribution in [0.15, 0.2) is 18.2 Å². The summed E-state index contributed by atoms with van der Waals surface area (Å²) in [5.74, 6) is 2.03. The zero-order valence-corrected chi connectivity index (χ0v) is 24.1. The van der Waals surface area contributed by atoms with Crippen LogP contribution in [0.4, 0.5) is 0 Å². The lowest BCUT2D eigenvalue weighted by molar-refractivity contribution is -0.135. The first-order chi connectivity index (χ1) is 18.4. The fourth-order valence-electron chi connectivity index (χ4n) is 6.32. The molecule has 2 fully saturated rings. The average molecular weight is 527 g/mol. The summed E-state index contributed by atoms with van der Waals surface area (Å²) < 4.78 is 5.74. The number of benzene rings is 1. The third kappa shape index (κ3) is 7.95. The Bertz CT molecular complexity index is 920. The quantitative estimate of drug-likeness (QED) is 0.387. The molecule has 0 spiro atoms. The minimum absolute atomic E-state index is 0.263. The number of fused-ring (bicyclic) bond motifs is 1. The minimum atomic E-state index is 0.263. The number of amides is 2. The lowest BCUT2D eigenvalue weighted by atomic mass is 9.85. The van der Waals surface area contributed by atoms with Gasteiger partial charge in [-0.05, 0) is 88.7 Å². The second kappa shape index (κ2) is 14.3. The maximum atomic E-state index is 13.7. The molecule has 4 rings (SSSR count). The first-order valence-corrected chi connectivity index (χ1v) is 15.1. The van der Waals surface area contributed by atoms with E-state index in [1.54, 1.807) is 0 Å². The maximum Gasteiger partial charge on any atom is 0.236 e. The predicted octanol–water partition coefficient (Wildman–Crippen LogP) is 4.15. The molecule has 0 N–H and O–H groups in total. The lowest BCUT2D eigenvalue weighted by Crippen LogP contribution is -2.50. The highest BCUT2D eigenvalue weighted by molar-refractivity contribution is 5.78. The highest BCUT2D eigenvalue weighted by Crippen LogP contribution is 2.35. The van der Waals surface area contributed by atoms with E-state index in [-0.39, 0.29) is 5.91 Å². The Kier molecular flexibility index (Phi) is 10.9. The summed E-state index contributed by atoms with van der Waals surface area (Å²) >= 11 is 0. The summed E-state index contributed by atoms with van der Waals surface area (Å²) in [4.78, 5) is 34.9. The normalized spacial score (nSPS) is 22.0. The van der Waals surface area contributed by atoms with Crippen LogP contribution in [0, 0.1) is 0 Å². The number of nitrogens with zero attached hydrogens (tertiary/aromatic N) is 4. The van der Waals surface area contributed by atoms with Crippen molar-refractivity contribution < 1.29 is 14.3 Å². The first-order valence-electron chi connectivity index (χ1n) is 15.1. The van der Waals surface area contributed by atoms with Crippen molar-refractivity contribution in [1.29, 1.82) is 0 Å². The monoisotopic (exact) mass is 526 g/mol. The van der Waals surface area contributed by atoms with E-state index in [1.807, 2.05) is 0 Å². The summed E-state index contributed by atoms with van der Waals surface area (Å²) in [6.45, 7) is 8.73. The standard InChI is InChI=1S/C31H50N4O3/c1-4-5-17-33(19-8-16-32(2)3)31(37)24-35-23-27(25-11-13-29-26(22-25)15-21-38-29)10-12-28(35)14-20-34-18-7-6-9-30(34)36/h11,13,22,27-28H,4-10,12,14-21,23-24H2,1-3H3/t27-,28-/m1/s1. The SMILES string of the molecule is CCCCN(CCCN(C)C)C(=O)CN1C[C@H](c2ccc3c(c2)CCO3)CC[C@@H]1CCN1CCCCC1=O. The van der Waals surface area contributed by atoms with Crippen molar-refractivity contribution in [2.75, 3.05) is 66.5 Å². The average Bonchev–Trinajstić information content (AvgIpc) is 3.38. The molecule has 2 atom stereocenters. The molecule has 0 radical (unpaired) electrons. The molecule has 0 unspecified atom stereocenters. The van der Waals surface area contributed by atoms with E-state index in [0.717, 1.165) is 109 Å². The summed E-state index contributed by atoms with van der Waals surface area (Å²) in [5.41, 5.74) is 2.70. The van der Waals surface area contributed by atoms with Gasteiger partial charge in [-0.15, -0.1) is 0 Å². The summed E-state index contributed by atoms with van der Waals surface area (Å²) in [7, 11) is 4.18. The second-order valence-electron chi connectivity index (χ2n) is 11.8. The summed E-state index contributed by atoms with van der Waals surface area (Å²) in [6, 6.07) is 7.06. The maximum absolute atomic E-state index is 13.7. The fourth-order valence-corrected chi connectivity index (χ4v) is 6.32. The van der Waals surface area contributed by atoms with Crippen LogP contribution >= 0.6 is 0 Å². The Morgan fingerprint density at radius 2 is 1.92 bits per heavy atom. The van der Waals surface area contributed by atoms with Gasteiger partial charge in [-0.1, -0.05) is 25.5 Å². The molecule has 7 nitrogen and oxygen atoms in total. The van der Waals surface area contributed by atoms with Crippen LogP contribution in [-0.4, -0.2) is 104 Å².